The number of aromatic nitrogens is 2. The van der Waals surface area contributed by atoms with Gasteiger partial charge in [0.1, 0.15) is 5.82 Å². The minimum atomic E-state index is -0.107. The Morgan fingerprint density at radius 1 is 1.36 bits per heavy atom. The highest BCUT2D eigenvalue weighted by Gasteiger charge is 2.25. The summed E-state index contributed by atoms with van der Waals surface area (Å²) in [7, 11) is 0. The SMILES string of the molecule is CC(NC(=O)C1CCCN1)c1nc2ccccc2n1C(C)C. The van der Waals surface area contributed by atoms with Crippen molar-refractivity contribution in [2.24, 2.45) is 0 Å². The molecule has 2 atom stereocenters. The van der Waals surface area contributed by atoms with Crippen molar-refractivity contribution in [3.63, 3.8) is 0 Å². The van der Waals surface area contributed by atoms with E-state index < -0.39 is 0 Å². The fraction of sp³-hybridized carbons (Fsp3) is 0.529. The number of hydrogen-bond acceptors (Lipinski definition) is 3. The number of nitrogens with one attached hydrogen (secondary N) is 2. The summed E-state index contributed by atoms with van der Waals surface area (Å²) in [5.41, 5.74) is 2.10. The molecule has 1 saturated heterocycles. The van der Waals surface area contributed by atoms with E-state index in [-0.39, 0.29) is 18.0 Å². The minimum absolute atomic E-state index is 0.0562. The third kappa shape index (κ3) is 2.73. The molecule has 3 rings (SSSR count). The quantitative estimate of drug-likeness (QED) is 0.912. The van der Waals surface area contributed by atoms with Crippen molar-refractivity contribution in [2.45, 2.75) is 51.7 Å². The fourth-order valence-electron chi connectivity index (χ4n) is 3.20. The standard InChI is InChI=1S/C17H24N4O/c1-11(2)21-15-9-5-4-7-13(15)20-16(21)12(3)19-17(22)14-8-6-10-18-14/h4-5,7,9,11-12,14,18H,6,8,10H2,1-3H3,(H,19,22). The van der Waals surface area contributed by atoms with Gasteiger partial charge in [-0.1, -0.05) is 12.1 Å². The first-order chi connectivity index (χ1) is 10.6. The Balaban J connectivity index is 1.88. The molecular formula is C17H24N4O. The molecule has 5 nitrogen and oxygen atoms in total. The van der Waals surface area contributed by atoms with Gasteiger partial charge in [-0.3, -0.25) is 4.79 Å². The normalized spacial score (nSPS) is 19.7. The number of fused-ring (bicyclic) bond motifs is 1. The van der Waals surface area contributed by atoms with Crippen molar-refractivity contribution in [1.82, 2.24) is 20.2 Å². The number of benzene rings is 1. The molecule has 1 amide bonds. The Labute approximate surface area is 131 Å². The molecule has 2 heterocycles. The van der Waals surface area contributed by atoms with Crippen molar-refractivity contribution in [3.8, 4) is 0 Å². The van der Waals surface area contributed by atoms with E-state index in [1.807, 2.05) is 25.1 Å². The van der Waals surface area contributed by atoms with Gasteiger partial charge in [-0.05, 0) is 52.3 Å². The van der Waals surface area contributed by atoms with Crippen LogP contribution in [0, 0.1) is 0 Å². The molecule has 1 aliphatic heterocycles. The molecular weight excluding hydrogens is 276 g/mol. The lowest BCUT2D eigenvalue weighted by Crippen LogP contribution is -2.42. The van der Waals surface area contributed by atoms with E-state index in [1.54, 1.807) is 0 Å². The molecule has 0 aliphatic carbocycles. The lowest BCUT2D eigenvalue weighted by molar-refractivity contribution is -0.123. The molecule has 2 unspecified atom stereocenters. The summed E-state index contributed by atoms with van der Waals surface area (Å²) in [6, 6.07) is 8.26. The first kappa shape index (κ1) is 15.0. The predicted octanol–water partition coefficient (Wildman–Crippen LogP) is 2.55. The van der Waals surface area contributed by atoms with E-state index in [0.29, 0.717) is 6.04 Å². The van der Waals surface area contributed by atoms with Crippen molar-refractivity contribution in [3.05, 3.63) is 30.1 Å². The number of nitrogens with zero attached hydrogens (tertiary/aromatic N) is 2. The topological polar surface area (TPSA) is 59.0 Å². The fourth-order valence-corrected chi connectivity index (χ4v) is 3.20. The van der Waals surface area contributed by atoms with Gasteiger partial charge in [0.2, 0.25) is 5.91 Å². The maximum atomic E-state index is 12.3. The van der Waals surface area contributed by atoms with Crippen LogP contribution >= 0.6 is 0 Å². The Bertz CT molecular complexity index is 670. The highest BCUT2D eigenvalue weighted by molar-refractivity contribution is 5.82. The van der Waals surface area contributed by atoms with E-state index in [0.717, 1.165) is 36.2 Å². The largest absolute Gasteiger partial charge is 0.345 e. The van der Waals surface area contributed by atoms with Crippen LogP contribution in [0.15, 0.2) is 24.3 Å². The van der Waals surface area contributed by atoms with Crippen molar-refractivity contribution >= 4 is 16.9 Å². The molecule has 1 aliphatic rings. The number of imidazole rings is 1. The lowest BCUT2D eigenvalue weighted by atomic mass is 10.2. The summed E-state index contributed by atoms with van der Waals surface area (Å²) in [4.78, 5) is 17.1. The van der Waals surface area contributed by atoms with Gasteiger partial charge in [0, 0.05) is 6.04 Å². The van der Waals surface area contributed by atoms with Crippen LogP contribution in [0.2, 0.25) is 0 Å². The van der Waals surface area contributed by atoms with Gasteiger partial charge in [-0.2, -0.15) is 0 Å². The maximum Gasteiger partial charge on any atom is 0.237 e. The second-order valence-corrected chi connectivity index (χ2v) is 6.30. The summed E-state index contributed by atoms with van der Waals surface area (Å²) in [6.07, 6.45) is 1.98. The van der Waals surface area contributed by atoms with E-state index >= 15 is 0 Å². The zero-order chi connectivity index (χ0) is 15.7. The van der Waals surface area contributed by atoms with Gasteiger partial charge in [0.15, 0.2) is 0 Å². The summed E-state index contributed by atoms with van der Waals surface area (Å²) in [5.74, 6) is 0.995. The minimum Gasteiger partial charge on any atom is -0.345 e. The molecule has 0 bridgehead atoms. The van der Waals surface area contributed by atoms with Crippen LogP contribution in [0.1, 0.15) is 51.5 Å². The Morgan fingerprint density at radius 3 is 2.82 bits per heavy atom. The number of hydrogen-bond donors (Lipinski definition) is 2. The van der Waals surface area contributed by atoms with E-state index in [9.17, 15) is 4.79 Å². The smallest absolute Gasteiger partial charge is 0.237 e. The highest BCUT2D eigenvalue weighted by Crippen LogP contribution is 2.25. The molecule has 0 saturated carbocycles. The Morgan fingerprint density at radius 2 is 2.14 bits per heavy atom. The van der Waals surface area contributed by atoms with E-state index in [4.69, 9.17) is 4.98 Å². The number of rotatable bonds is 4. The van der Waals surface area contributed by atoms with Crippen LogP contribution in [0.3, 0.4) is 0 Å². The second kappa shape index (κ2) is 6.08. The van der Waals surface area contributed by atoms with Crippen molar-refractivity contribution < 1.29 is 4.79 Å². The average Bonchev–Trinajstić information content (AvgIpc) is 3.14. The monoisotopic (exact) mass is 300 g/mol. The van der Waals surface area contributed by atoms with Gasteiger partial charge < -0.3 is 15.2 Å². The van der Waals surface area contributed by atoms with E-state index in [1.165, 1.54) is 0 Å². The molecule has 2 aromatic rings. The summed E-state index contributed by atoms with van der Waals surface area (Å²) in [5, 5.41) is 6.35. The number of carbonyl (C=O) groups is 1. The first-order valence-electron chi connectivity index (χ1n) is 8.08. The van der Waals surface area contributed by atoms with Crippen LogP contribution in [0.5, 0.6) is 0 Å². The third-order valence-corrected chi connectivity index (χ3v) is 4.26. The summed E-state index contributed by atoms with van der Waals surface area (Å²) in [6.45, 7) is 7.22. The molecule has 22 heavy (non-hydrogen) atoms. The Kier molecular flexibility index (Phi) is 4.16. The van der Waals surface area contributed by atoms with Crippen LogP contribution in [0.4, 0.5) is 0 Å². The lowest BCUT2D eigenvalue weighted by Gasteiger charge is -2.20. The number of amides is 1. The maximum absolute atomic E-state index is 12.3. The molecule has 2 N–H and O–H groups in total. The van der Waals surface area contributed by atoms with Gasteiger partial charge in [-0.25, -0.2) is 4.98 Å². The molecule has 118 valence electrons. The molecule has 1 aromatic carbocycles. The number of para-hydroxylation sites is 2. The Hall–Kier alpha value is -1.88. The zero-order valence-corrected chi connectivity index (χ0v) is 13.5. The van der Waals surface area contributed by atoms with Gasteiger partial charge in [-0.15, -0.1) is 0 Å². The number of carbonyl (C=O) groups excluding carboxylic acids is 1. The third-order valence-electron chi connectivity index (χ3n) is 4.26. The van der Waals surface area contributed by atoms with E-state index in [2.05, 4.69) is 35.1 Å². The zero-order valence-electron chi connectivity index (χ0n) is 13.5. The van der Waals surface area contributed by atoms with Crippen molar-refractivity contribution in [1.29, 1.82) is 0 Å². The molecule has 0 radical (unpaired) electrons. The van der Waals surface area contributed by atoms with Crippen LogP contribution in [0.25, 0.3) is 11.0 Å². The summed E-state index contributed by atoms with van der Waals surface area (Å²) >= 11 is 0. The molecule has 5 heteroatoms. The molecule has 0 spiro atoms. The molecule has 1 aromatic heterocycles. The van der Waals surface area contributed by atoms with Crippen molar-refractivity contribution in [2.75, 3.05) is 6.54 Å². The predicted molar refractivity (Wildman–Crippen MR) is 87.7 cm³/mol. The first-order valence-corrected chi connectivity index (χ1v) is 8.08. The van der Waals surface area contributed by atoms with Gasteiger partial charge in [0.05, 0.1) is 23.1 Å². The summed E-state index contributed by atoms with van der Waals surface area (Å²) < 4.78 is 2.21. The second-order valence-electron chi connectivity index (χ2n) is 6.30. The van der Waals surface area contributed by atoms with Gasteiger partial charge in [0.25, 0.3) is 0 Å². The molecule has 1 fully saturated rings. The van der Waals surface area contributed by atoms with Crippen LogP contribution < -0.4 is 10.6 Å². The van der Waals surface area contributed by atoms with Crippen LogP contribution in [-0.4, -0.2) is 28.0 Å². The van der Waals surface area contributed by atoms with Crippen LogP contribution in [-0.2, 0) is 4.79 Å². The van der Waals surface area contributed by atoms with Gasteiger partial charge >= 0.3 is 0 Å². The average molecular weight is 300 g/mol. The highest BCUT2D eigenvalue weighted by atomic mass is 16.2.